The van der Waals surface area contributed by atoms with Crippen molar-refractivity contribution < 1.29 is 24.1 Å². The van der Waals surface area contributed by atoms with Crippen LogP contribution in [-0.2, 0) is 11.3 Å². The SMILES string of the molecule is COCCCN(Cc1cccc(OC)c1OC)C[C@@H](O)COc1ccccc1. The molecule has 6 heteroatoms. The summed E-state index contributed by atoms with van der Waals surface area (Å²) < 4.78 is 21.8. The Morgan fingerprint density at radius 1 is 0.964 bits per heavy atom. The van der Waals surface area contributed by atoms with E-state index in [1.165, 1.54) is 0 Å². The molecule has 0 aromatic heterocycles. The summed E-state index contributed by atoms with van der Waals surface area (Å²) in [5.74, 6) is 2.17. The van der Waals surface area contributed by atoms with Crippen LogP contribution in [0.15, 0.2) is 48.5 Å². The number of ether oxygens (including phenoxy) is 4. The fraction of sp³-hybridized carbons (Fsp3) is 0.455. The van der Waals surface area contributed by atoms with Crippen LogP contribution in [0, 0.1) is 0 Å². The lowest BCUT2D eigenvalue weighted by atomic mass is 10.1. The van der Waals surface area contributed by atoms with Crippen molar-refractivity contribution in [3.63, 3.8) is 0 Å². The number of aliphatic hydroxyl groups is 1. The van der Waals surface area contributed by atoms with Crippen molar-refractivity contribution in [2.45, 2.75) is 19.1 Å². The number of nitrogens with zero attached hydrogens (tertiary/aromatic N) is 1. The van der Waals surface area contributed by atoms with Gasteiger partial charge in [-0.3, -0.25) is 4.90 Å². The largest absolute Gasteiger partial charge is 0.493 e. The highest BCUT2D eigenvalue weighted by molar-refractivity contribution is 5.46. The lowest BCUT2D eigenvalue weighted by Crippen LogP contribution is -2.36. The van der Waals surface area contributed by atoms with Gasteiger partial charge in [-0.15, -0.1) is 0 Å². The van der Waals surface area contributed by atoms with Crippen molar-refractivity contribution in [3.05, 3.63) is 54.1 Å². The van der Waals surface area contributed by atoms with Crippen LogP contribution in [0.3, 0.4) is 0 Å². The molecule has 0 aliphatic carbocycles. The van der Waals surface area contributed by atoms with Crippen LogP contribution in [0.1, 0.15) is 12.0 Å². The van der Waals surface area contributed by atoms with Gasteiger partial charge in [-0.25, -0.2) is 0 Å². The molecule has 0 aliphatic rings. The molecule has 2 aromatic carbocycles. The zero-order valence-electron chi connectivity index (χ0n) is 17.0. The maximum atomic E-state index is 10.5. The summed E-state index contributed by atoms with van der Waals surface area (Å²) in [5.41, 5.74) is 1.01. The zero-order chi connectivity index (χ0) is 20.2. The van der Waals surface area contributed by atoms with Gasteiger partial charge < -0.3 is 24.1 Å². The van der Waals surface area contributed by atoms with Gasteiger partial charge in [0.2, 0.25) is 0 Å². The molecule has 0 saturated heterocycles. The molecule has 2 rings (SSSR count). The zero-order valence-corrected chi connectivity index (χ0v) is 17.0. The highest BCUT2D eigenvalue weighted by atomic mass is 16.5. The van der Waals surface area contributed by atoms with Crippen LogP contribution < -0.4 is 14.2 Å². The summed E-state index contributed by atoms with van der Waals surface area (Å²) in [5, 5.41) is 10.5. The van der Waals surface area contributed by atoms with Gasteiger partial charge in [-0.2, -0.15) is 0 Å². The van der Waals surface area contributed by atoms with Crippen LogP contribution in [0.5, 0.6) is 17.2 Å². The molecule has 0 fully saturated rings. The van der Waals surface area contributed by atoms with E-state index in [0.29, 0.717) is 25.4 Å². The minimum absolute atomic E-state index is 0.236. The quantitative estimate of drug-likeness (QED) is 0.532. The predicted molar refractivity (Wildman–Crippen MR) is 109 cm³/mol. The van der Waals surface area contributed by atoms with Gasteiger partial charge in [-0.05, 0) is 24.6 Å². The Balaban J connectivity index is 2.00. The lowest BCUT2D eigenvalue weighted by Gasteiger charge is -2.26. The Labute approximate surface area is 167 Å². The number of aliphatic hydroxyl groups excluding tert-OH is 1. The normalized spacial score (nSPS) is 12.0. The van der Waals surface area contributed by atoms with Gasteiger partial charge in [0.1, 0.15) is 18.5 Å². The van der Waals surface area contributed by atoms with E-state index >= 15 is 0 Å². The van der Waals surface area contributed by atoms with E-state index in [4.69, 9.17) is 18.9 Å². The van der Waals surface area contributed by atoms with Crippen molar-refractivity contribution in [1.82, 2.24) is 4.90 Å². The first-order valence-corrected chi connectivity index (χ1v) is 9.45. The Morgan fingerprint density at radius 3 is 2.43 bits per heavy atom. The van der Waals surface area contributed by atoms with E-state index < -0.39 is 6.10 Å². The third-order valence-electron chi connectivity index (χ3n) is 4.36. The van der Waals surface area contributed by atoms with E-state index in [-0.39, 0.29) is 6.61 Å². The van der Waals surface area contributed by atoms with Gasteiger partial charge in [0.05, 0.1) is 14.2 Å². The topological polar surface area (TPSA) is 60.4 Å². The van der Waals surface area contributed by atoms with Gasteiger partial charge in [0, 0.05) is 38.9 Å². The second kappa shape index (κ2) is 12.2. The van der Waals surface area contributed by atoms with Crippen LogP contribution in [0.25, 0.3) is 0 Å². The number of hydrogen-bond donors (Lipinski definition) is 1. The second-order valence-corrected chi connectivity index (χ2v) is 6.51. The average Bonchev–Trinajstić information content (AvgIpc) is 2.72. The molecule has 0 spiro atoms. The molecule has 0 saturated carbocycles. The van der Waals surface area contributed by atoms with Crippen molar-refractivity contribution in [2.75, 3.05) is 47.6 Å². The Morgan fingerprint density at radius 2 is 1.75 bits per heavy atom. The van der Waals surface area contributed by atoms with Crippen LogP contribution in [-0.4, -0.2) is 63.7 Å². The summed E-state index contributed by atoms with van der Waals surface area (Å²) in [4.78, 5) is 2.18. The molecule has 0 amide bonds. The number of methoxy groups -OCH3 is 3. The molecular weight excluding hydrogens is 358 g/mol. The Bertz CT molecular complexity index is 680. The molecule has 2 aromatic rings. The molecule has 0 bridgehead atoms. The second-order valence-electron chi connectivity index (χ2n) is 6.51. The predicted octanol–water partition coefficient (Wildman–Crippen LogP) is 2.98. The van der Waals surface area contributed by atoms with Crippen molar-refractivity contribution in [1.29, 1.82) is 0 Å². The first-order valence-electron chi connectivity index (χ1n) is 9.45. The number of hydrogen-bond acceptors (Lipinski definition) is 6. The monoisotopic (exact) mass is 389 g/mol. The van der Waals surface area contributed by atoms with Crippen LogP contribution in [0.2, 0.25) is 0 Å². The van der Waals surface area contributed by atoms with Crippen LogP contribution in [0.4, 0.5) is 0 Å². The van der Waals surface area contributed by atoms with Crippen molar-refractivity contribution in [3.8, 4) is 17.2 Å². The van der Waals surface area contributed by atoms with Crippen molar-refractivity contribution >= 4 is 0 Å². The maximum Gasteiger partial charge on any atom is 0.165 e. The van der Waals surface area contributed by atoms with E-state index in [0.717, 1.165) is 30.0 Å². The molecule has 28 heavy (non-hydrogen) atoms. The van der Waals surface area contributed by atoms with Gasteiger partial charge in [0.25, 0.3) is 0 Å². The van der Waals surface area contributed by atoms with E-state index in [2.05, 4.69) is 4.90 Å². The van der Waals surface area contributed by atoms with Gasteiger partial charge >= 0.3 is 0 Å². The minimum atomic E-state index is -0.612. The maximum absolute atomic E-state index is 10.5. The summed E-state index contributed by atoms with van der Waals surface area (Å²) in [6.07, 6.45) is 0.258. The lowest BCUT2D eigenvalue weighted by molar-refractivity contribution is 0.0614. The third kappa shape index (κ3) is 7.03. The number of rotatable bonds is 13. The van der Waals surface area contributed by atoms with Crippen molar-refractivity contribution in [2.24, 2.45) is 0 Å². The number of benzene rings is 2. The molecule has 0 heterocycles. The first-order chi connectivity index (χ1) is 13.7. The summed E-state index contributed by atoms with van der Waals surface area (Å²) >= 11 is 0. The molecular formula is C22H31NO5. The summed E-state index contributed by atoms with van der Waals surface area (Å²) in [6, 6.07) is 15.3. The smallest absolute Gasteiger partial charge is 0.165 e. The molecule has 0 aliphatic heterocycles. The highest BCUT2D eigenvalue weighted by Crippen LogP contribution is 2.31. The number of para-hydroxylation sites is 2. The standard InChI is InChI=1S/C22H31NO5/c1-25-14-8-13-23(15-18-9-7-12-21(26-2)22(18)27-3)16-19(24)17-28-20-10-5-4-6-11-20/h4-7,9-12,19,24H,8,13-17H2,1-3H3/t19-/m1/s1. The molecule has 1 N–H and O–H groups in total. The fourth-order valence-electron chi connectivity index (χ4n) is 3.05. The Kier molecular flexibility index (Phi) is 9.62. The van der Waals surface area contributed by atoms with E-state index in [1.807, 2.05) is 48.5 Å². The average molecular weight is 389 g/mol. The highest BCUT2D eigenvalue weighted by Gasteiger charge is 2.17. The van der Waals surface area contributed by atoms with Crippen LogP contribution >= 0.6 is 0 Å². The molecule has 6 nitrogen and oxygen atoms in total. The third-order valence-corrected chi connectivity index (χ3v) is 4.36. The Hall–Kier alpha value is -2.28. The molecule has 154 valence electrons. The summed E-state index contributed by atoms with van der Waals surface area (Å²) in [7, 11) is 4.96. The van der Waals surface area contributed by atoms with E-state index in [9.17, 15) is 5.11 Å². The van der Waals surface area contributed by atoms with E-state index in [1.54, 1.807) is 21.3 Å². The molecule has 1 atom stereocenters. The minimum Gasteiger partial charge on any atom is -0.493 e. The fourth-order valence-corrected chi connectivity index (χ4v) is 3.05. The first kappa shape index (κ1) is 22.0. The van der Waals surface area contributed by atoms with Gasteiger partial charge in [0.15, 0.2) is 11.5 Å². The van der Waals surface area contributed by atoms with Gasteiger partial charge in [-0.1, -0.05) is 30.3 Å². The molecule has 0 radical (unpaired) electrons. The summed E-state index contributed by atoms with van der Waals surface area (Å²) in [6.45, 7) is 2.81. The molecule has 0 unspecified atom stereocenters.